The number of pyridine rings is 1. The van der Waals surface area contributed by atoms with E-state index in [0.717, 1.165) is 60.9 Å². The molecule has 1 saturated carbocycles. The van der Waals surface area contributed by atoms with Gasteiger partial charge in [0.1, 0.15) is 5.75 Å². The predicted octanol–water partition coefficient (Wildman–Crippen LogP) is 4.33. The highest BCUT2D eigenvalue weighted by atomic mass is 16.5. The lowest BCUT2D eigenvalue weighted by Gasteiger charge is -2.29. The predicted molar refractivity (Wildman–Crippen MR) is 132 cm³/mol. The zero-order valence-electron chi connectivity index (χ0n) is 20.3. The van der Waals surface area contributed by atoms with E-state index in [1.807, 2.05) is 25.1 Å². The molecule has 1 aliphatic carbocycles. The first-order valence-corrected chi connectivity index (χ1v) is 12.2. The second-order valence-electron chi connectivity index (χ2n) is 9.13. The van der Waals surface area contributed by atoms with E-state index in [9.17, 15) is 9.59 Å². The van der Waals surface area contributed by atoms with E-state index >= 15 is 0 Å². The molecule has 35 heavy (non-hydrogen) atoms. The van der Waals surface area contributed by atoms with Gasteiger partial charge in [0, 0.05) is 35.0 Å². The topological polar surface area (TPSA) is 110 Å². The number of hydrogen-bond acceptors (Lipinski definition) is 5. The number of aryl methyl sites for hydroxylation is 2. The number of carbonyl (C=O) groups is 2. The van der Waals surface area contributed by atoms with E-state index < -0.39 is 6.09 Å². The zero-order valence-corrected chi connectivity index (χ0v) is 20.3. The van der Waals surface area contributed by atoms with Crippen molar-refractivity contribution < 1.29 is 24.2 Å². The molecule has 3 N–H and O–H groups in total. The minimum atomic E-state index is -0.985. The van der Waals surface area contributed by atoms with Gasteiger partial charge in [0.2, 0.25) is 5.88 Å². The summed E-state index contributed by atoms with van der Waals surface area (Å²) in [6.07, 6.45) is 8.55. The van der Waals surface area contributed by atoms with Crippen LogP contribution in [0.3, 0.4) is 0 Å². The summed E-state index contributed by atoms with van der Waals surface area (Å²) >= 11 is 0. The van der Waals surface area contributed by atoms with Gasteiger partial charge in [-0.2, -0.15) is 0 Å². The maximum absolute atomic E-state index is 13.3. The maximum Gasteiger partial charge on any atom is 0.404 e. The second-order valence-corrected chi connectivity index (χ2v) is 9.13. The van der Waals surface area contributed by atoms with Crippen LogP contribution in [0.4, 0.5) is 4.79 Å². The summed E-state index contributed by atoms with van der Waals surface area (Å²) in [6, 6.07) is 7.62. The normalized spacial score (nSPS) is 21.3. The molecule has 0 saturated heterocycles. The molecule has 8 heteroatoms. The highest BCUT2D eigenvalue weighted by Crippen LogP contribution is 2.30. The van der Waals surface area contributed by atoms with Crippen molar-refractivity contribution in [2.24, 2.45) is 0 Å². The number of benzene rings is 1. The molecule has 0 atom stereocenters. The molecule has 0 radical (unpaired) electrons. The molecule has 1 aromatic carbocycles. The Balaban J connectivity index is 1.55. The number of allylic oxidation sites excluding steroid dienone is 2. The molecule has 0 spiro atoms. The minimum absolute atomic E-state index is 0.00720. The lowest BCUT2D eigenvalue weighted by Crippen LogP contribution is -2.39. The fraction of sp³-hybridized carbons (Fsp3) is 0.444. The average Bonchev–Trinajstić information content (AvgIpc) is 2.83. The van der Waals surface area contributed by atoms with Gasteiger partial charge in [-0.25, -0.2) is 9.78 Å². The zero-order chi connectivity index (χ0) is 24.8. The molecule has 8 nitrogen and oxygen atoms in total. The standard InChI is InChI=1S/C27H33N3O5/c1-17-15-18-7-4-3-5-8-21-22(25(31)28-16-23(18)26(29-17)34-2)9-6-10-24(21)35-20-13-11-19(12-14-20)30-27(32)33/h3,5-6,9-10,15,19-20,30H,4,7-8,11-14,16H2,1-2H3,(H,28,31)(H,32,33)/b5-3-/t19-,20-. The van der Waals surface area contributed by atoms with Crippen LogP contribution in [0.5, 0.6) is 11.6 Å². The molecule has 186 valence electrons. The number of nitrogens with zero attached hydrogens (tertiary/aromatic N) is 1. The van der Waals surface area contributed by atoms with Crippen molar-refractivity contribution in [2.45, 2.75) is 70.6 Å². The van der Waals surface area contributed by atoms with Gasteiger partial charge < -0.3 is 25.2 Å². The lowest BCUT2D eigenvalue weighted by molar-refractivity contribution is 0.0947. The monoisotopic (exact) mass is 479 g/mol. The van der Waals surface area contributed by atoms with Crippen molar-refractivity contribution in [2.75, 3.05) is 7.11 Å². The van der Waals surface area contributed by atoms with Crippen molar-refractivity contribution in [1.29, 1.82) is 0 Å². The molecule has 1 fully saturated rings. The Morgan fingerprint density at radius 3 is 2.71 bits per heavy atom. The van der Waals surface area contributed by atoms with E-state index in [1.54, 1.807) is 7.11 Å². The number of carbonyl (C=O) groups excluding carboxylic acids is 1. The van der Waals surface area contributed by atoms with Crippen molar-refractivity contribution in [3.63, 3.8) is 0 Å². The van der Waals surface area contributed by atoms with E-state index in [2.05, 4.69) is 33.8 Å². The lowest BCUT2D eigenvalue weighted by atomic mass is 9.92. The Morgan fingerprint density at radius 2 is 1.97 bits per heavy atom. The smallest absolute Gasteiger partial charge is 0.404 e. The Labute approximate surface area is 205 Å². The summed E-state index contributed by atoms with van der Waals surface area (Å²) in [5.74, 6) is 1.10. The van der Waals surface area contributed by atoms with Crippen LogP contribution in [-0.2, 0) is 19.4 Å². The van der Waals surface area contributed by atoms with Crippen molar-refractivity contribution >= 4 is 12.0 Å². The minimum Gasteiger partial charge on any atom is -0.490 e. The molecule has 2 heterocycles. The van der Waals surface area contributed by atoms with E-state index in [1.165, 1.54) is 0 Å². The Kier molecular flexibility index (Phi) is 7.90. The van der Waals surface area contributed by atoms with Crippen LogP contribution in [0.25, 0.3) is 0 Å². The summed E-state index contributed by atoms with van der Waals surface area (Å²) in [7, 11) is 1.60. The van der Waals surface area contributed by atoms with Gasteiger partial charge in [-0.3, -0.25) is 4.79 Å². The quantitative estimate of drug-likeness (QED) is 0.563. The van der Waals surface area contributed by atoms with E-state index in [-0.39, 0.29) is 18.1 Å². The summed E-state index contributed by atoms with van der Waals surface area (Å²) < 4.78 is 11.9. The van der Waals surface area contributed by atoms with Gasteiger partial charge in [-0.05, 0) is 75.6 Å². The molecular formula is C27H33N3O5. The largest absolute Gasteiger partial charge is 0.490 e. The number of methoxy groups -OCH3 is 1. The highest BCUT2D eigenvalue weighted by Gasteiger charge is 2.25. The SMILES string of the molecule is COc1nc(C)cc2c1CNC(=O)c1cccc(O[C@H]3CC[C@H](NC(=O)O)CC3)c1C/C=C\CC2. The summed E-state index contributed by atoms with van der Waals surface area (Å²) in [6.45, 7) is 2.28. The molecule has 0 bridgehead atoms. The van der Waals surface area contributed by atoms with Crippen molar-refractivity contribution in [3.8, 4) is 11.6 Å². The number of hydrogen-bond donors (Lipinski definition) is 3. The van der Waals surface area contributed by atoms with Crippen LogP contribution in [0.2, 0.25) is 0 Å². The Hall–Kier alpha value is -3.55. The first-order chi connectivity index (χ1) is 16.9. The molecule has 4 rings (SSSR count). The number of rotatable bonds is 4. The van der Waals surface area contributed by atoms with Gasteiger partial charge in [0.25, 0.3) is 5.91 Å². The summed E-state index contributed by atoms with van der Waals surface area (Å²) in [5, 5.41) is 14.6. The highest BCUT2D eigenvalue weighted by molar-refractivity contribution is 5.96. The molecule has 2 aromatic rings. The average molecular weight is 480 g/mol. The number of aromatic nitrogens is 1. The fourth-order valence-corrected chi connectivity index (χ4v) is 4.92. The Bertz CT molecular complexity index is 1110. The van der Waals surface area contributed by atoms with E-state index in [4.69, 9.17) is 14.6 Å². The third-order valence-corrected chi connectivity index (χ3v) is 6.67. The molecular weight excluding hydrogens is 446 g/mol. The van der Waals surface area contributed by atoms with Crippen LogP contribution in [-0.4, -0.2) is 41.3 Å². The van der Waals surface area contributed by atoms with Gasteiger partial charge >= 0.3 is 6.09 Å². The first-order valence-electron chi connectivity index (χ1n) is 12.2. The third kappa shape index (κ3) is 6.12. The third-order valence-electron chi connectivity index (χ3n) is 6.67. The molecule has 1 aromatic heterocycles. The van der Waals surface area contributed by atoms with Crippen LogP contribution in [0, 0.1) is 6.92 Å². The number of nitrogens with one attached hydrogen (secondary N) is 2. The Morgan fingerprint density at radius 1 is 1.17 bits per heavy atom. The fourth-order valence-electron chi connectivity index (χ4n) is 4.92. The second kappa shape index (κ2) is 11.3. The van der Waals surface area contributed by atoms with Crippen molar-refractivity contribution in [1.82, 2.24) is 15.6 Å². The molecule has 2 aliphatic rings. The number of amides is 2. The summed E-state index contributed by atoms with van der Waals surface area (Å²) in [4.78, 5) is 28.7. The molecule has 1 aliphatic heterocycles. The molecule has 0 unspecified atom stereocenters. The molecule has 2 amide bonds. The summed E-state index contributed by atoms with van der Waals surface area (Å²) in [5.41, 5.74) is 4.38. The van der Waals surface area contributed by atoms with Crippen LogP contribution in [0.15, 0.2) is 36.4 Å². The first kappa shape index (κ1) is 24.6. The van der Waals surface area contributed by atoms with Gasteiger partial charge in [0.15, 0.2) is 0 Å². The van der Waals surface area contributed by atoms with Crippen molar-refractivity contribution in [3.05, 3.63) is 64.4 Å². The van der Waals surface area contributed by atoms with Gasteiger partial charge in [-0.1, -0.05) is 18.2 Å². The van der Waals surface area contributed by atoms with Crippen LogP contribution in [0.1, 0.15) is 64.8 Å². The van der Waals surface area contributed by atoms with Gasteiger partial charge in [-0.15, -0.1) is 0 Å². The van der Waals surface area contributed by atoms with E-state index in [0.29, 0.717) is 30.2 Å². The van der Waals surface area contributed by atoms with Crippen LogP contribution >= 0.6 is 0 Å². The number of fused-ring (bicyclic) bond motifs is 2. The number of ether oxygens (including phenoxy) is 2. The maximum atomic E-state index is 13.3. The van der Waals surface area contributed by atoms with Gasteiger partial charge in [0.05, 0.1) is 13.2 Å². The number of carboxylic acid groups (broad SMARTS) is 1. The van der Waals surface area contributed by atoms with Crippen LogP contribution < -0.4 is 20.1 Å².